The van der Waals surface area contributed by atoms with Crippen molar-refractivity contribution in [1.29, 1.82) is 0 Å². The van der Waals surface area contributed by atoms with Crippen molar-refractivity contribution in [2.75, 3.05) is 31.1 Å². The van der Waals surface area contributed by atoms with Crippen molar-refractivity contribution >= 4 is 23.1 Å². The van der Waals surface area contributed by atoms with Gasteiger partial charge in [-0.1, -0.05) is 0 Å². The number of piperazine rings is 1. The van der Waals surface area contributed by atoms with E-state index in [-0.39, 0.29) is 5.69 Å². The molecule has 0 spiro atoms. The lowest BCUT2D eigenvalue weighted by atomic mass is 10.1. The maximum atomic E-state index is 11.1. The van der Waals surface area contributed by atoms with Gasteiger partial charge in [0, 0.05) is 32.2 Å². The summed E-state index contributed by atoms with van der Waals surface area (Å²) in [6, 6.07) is 3.04. The van der Waals surface area contributed by atoms with Crippen molar-refractivity contribution < 1.29 is 9.72 Å². The van der Waals surface area contributed by atoms with Gasteiger partial charge in [0.05, 0.1) is 10.6 Å². The van der Waals surface area contributed by atoms with Crippen molar-refractivity contribution in [2.45, 2.75) is 6.92 Å². The first-order valence-corrected chi connectivity index (χ1v) is 5.96. The fourth-order valence-electron chi connectivity index (χ4n) is 2.15. The summed E-state index contributed by atoms with van der Waals surface area (Å²) in [5.74, 6) is 0. The van der Waals surface area contributed by atoms with Crippen LogP contribution in [-0.4, -0.2) is 37.2 Å². The number of anilines is 1. The van der Waals surface area contributed by atoms with Gasteiger partial charge in [0.1, 0.15) is 5.69 Å². The van der Waals surface area contributed by atoms with Crippen molar-refractivity contribution in [3.05, 3.63) is 27.8 Å². The average Bonchev–Trinajstić information content (AvgIpc) is 2.41. The van der Waals surface area contributed by atoms with Crippen LogP contribution in [0.25, 0.3) is 0 Å². The van der Waals surface area contributed by atoms with E-state index in [1.807, 2.05) is 4.90 Å². The zero-order valence-corrected chi connectivity index (χ0v) is 10.5. The van der Waals surface area contributed by atoms with Gasteiger partial charge in [0.2, 0.25) is 6.08 Å². The molecular formula is C12H14N4O3. The van der Waals surface area contributed by atoms with Crippen LogP contribution >= 0.6 is 0 Å². The van der Waals surface area contributed by atoms with Gasteiger partial charge in [-0.3, -0.25) is 10.1 Å². The van der Waals surface area contributed by atoms with E-state index in [9.17, 15) is 14.9 Å². The number of isocyanates is 1. The number of aliphatic imine (C=N–C) groups is 1. The molecule has 1 aromatic carbocycles. The van der Waals surface area contributed by atoms with E-state index in [1.54, 1.807) is 13.0 Å². The standard InChI is InChI=1S/C12H14N4O3/c1-9-6-12(16(18)19)11(7-10(9)14-8-17)15-4-2-13-3-5-15/h6-7,13H,2-5H2,1H3. The number of nitrogens with one attached hydrogen (secondary N) is 1. The van der Waals surface area contributed by atoms with Crippen molar-refractivity contribution in [3.8, 4) is 0 Å². The summed E-state index contributed by atoms with van der Waals surface area (Å²) in [6.07, 6.45) is 1.48. The molecule has 1 fully saturated rings. The van der Waals surface area contributed by atoms with E-state index in [0.29, 0.717) is 30.0 Å². The molecule has 0 aliphatic carbocycles. The van der Waals surface area contributed by atoms with E-state index in [0.717, 1.165) is 13.1 Å². The SMILES string of the molecule is Cc1cc([N+](=O)[O-])c(N2CCNCC2)cc1N=C=O. The molecule has 1 aromatic rings. The average molecular weight is 262 g/mol. The number of carbonyl (C=O) groups excluding carboxylic acids is 1. The van der Waals surface area contributed by atoms with E-state index in [2.05, 4.69) is 10.3 Å². The van der Waals surface area contributed by atoms with E-state index >= 15 is 0 Å². The van der Waals surface area contributed by atoms with Crippen LogP contribution < -0.4 is 10.2 Å². The molecule has 0 saturated carbocycles. The maximum absolute atomic E-state index is 11.1. The topological polar surface area (TPSA) is 87.8 Å². The van der Waals surface area contributed by atoms with Gasteiger partial charge in [-0.2, -0.15) is 4.99 Å². The quantitative estimate of drug-likeness (QED) is 0.383. The lowest BCUT2D eigenvalue weighted by molar-refractivity contribution is -0.384. The lowest BCUT2D eigenvalue weighted by Crippen LogP contribution is -2.43. The summed E-state index contributed by atoms with van der Waals surface area (Å²) < 4.78 is 0. The summed E-state index contributed by atoms with van der Waals surface area (Å²) in [5.41, 5.74) is 1.57. The fraction of sp³-hybridized carbons (Fsp3) is 0.417. The van der Waals surface area contributed by atoms with Gasteiger partial charge >= 0.3 is 0 Å². The van der Waals surface area contributed by atoms with E-state index in [1.165, 1.54) is 12.1 Å². The molecule has 1 saturated heterocycles. The van der Waals surface area contributed by atoms with Crippen molar-refractivity contribution in [3.63, 3.8) is 0 Å². The third kappa shape index (κ3) is 2.78. The first-order valence-electron chi connectivity index (χ1n) is 5.96. The largest absolute Gasteiger partial charge is 0.363 e. The summed E-state index contributed by atoms with van der Waals surface area (Å²) in [6.45, 7) is 4.61. The molecule has 2 rings (SSSR count). The van der Waals surface area contributed by atoms with Crippen LogP contribution in [0.2, 0.25) is 0 Å². The highest BCUT2D eigenvalue weighted by Gasteiger charge is 2.22. The second-order valence-corrected chi connectivity index (χ2v) is 4.32. The number of nitro benzene ring substituents is 1. The van der Waals surface area contributed by atoms with Crippen LogP contribution in [0.3, 0.4) is 0 Å². The van der Waals surface area contributed by atoms with Crippen LogP contribution in [-0.2, 0) is 4.79 Å². The predicted molar refractivity (Wildman–Crippen MR) is 70.7 cm³/mol. The van der Waals surface area contributed by atoms with Gasteiger partial charge in [-0.25, -0.2) is 4.79 Å². The molecule has 1 heterocycles. The number of benzene rings is 1. The van der Waals surface area contributed by atoms with Crippen molar-refractivity contribution in [1.82, 2.24) is 5.32 Å². The molecule has 0 amide bonds. The summed E-state index contributed by atoms with van der Waals surface area (Å²) in [7, 11) is 0. The van der Waals surface area contributed by atoms with Crippen LogP contribution in [0.1, 0.15) is 5.56 Å². The Morgan fingerprint density at radius 2 is 2.11 bits per heavy atom. The number of nitro groups is 1. The molecule has 0 unspecified atom stereocenters. The normalized spacial score (nSPS) is 14.9. The van der Waals surface area contributed by atoms with Crippen LogP contribution in [0.15, 0.2) is 17.1 Å². The molecule has 1 aliphatic heterocycles. The third-order valence-electron chi connectivity index (χ3n) is 3.11. The molecule has 1 N–H and O–H groups in total. The van der Waals surface area contributed by atoms with Gasteiger partial charge in [-0.05, 0) is 18.6 Å². The summed E-state index contributed by atoms with van der Waals surface area (Å²) >= 11 is 0. The Morgan fingerprint density at radius 3 is 2.68 bits per heavy atom. The zero-order chi connectivity index (χ0) is 13.8. The second-order valence-electron chi connectivity index (χ2n) is 4.32. The number of nitrogens with zero attached hydrogens (tertiary/aromatic N) is 3. The van der Waals surface area contributed by atoms with Crippen LogP contribution in [0.5, 0.6) is 0 Å². The Hall–Kier alpha value is -2.24. The minimum atomic E-state index is -0.404. The first kappa shape index (κ1) is 13.2. The third-order valence-corrected chi connectivity index (χ3v) is 3.11. The van der Waals surface area contributed by atoms with Crippen molar-refractivity contribution in [2.24, 2.45) is 4.99 Å². The Kier molecular flexibility index (Phi) is 3.89. The number of aryl methyl sites for hydroxylation is 1. The molecule has 7 nitrogen and oxygen atoms in total. The summed E-state index contributed by atoms with van der Waals surface area (Å²) in [5, 5.41) is 14.3. The van der Waals surface area contributed by atoms with Gasteiger partial charge < -0.3 is 10.2 Å². The van der Waals surface area contributed by atoms with E-state index < -0.39 is 4.92 Å². The number of hydrogen-bond donors (Lipinski definition) is 1. The van der Waals surface area contributed by atoms with Gasteiger partial charge in [0.25, 0.3) is 5.69 Å². The van der Waals surface area contributed by atoms with E-state index in [4.69, 9.17) is 0 Å². The Balaban J connectivity index is 2.50. The molecule has 19 heavy (non-hydrogen) atoms. The van der Waals surface area contributed by atoms with Gasteiger partial charge in [-0.15, -0.1) is 0 Å². The molecule has 7 heteroatoms. The predicted octanol–water partition coefficient (Wildman–Crippen LogP) is 1.28. The summed E-state index contributed by atoms with van der Waals surface area (Å²) in [4.78, 5) is 26.6. The number of hydrogen-bond acceptors (Lipinski definition) is 6. The molecule has 0 aromatic heterocycles. The van der Waals surface area contributed by atoms with Crippen LogP contribution in [0.4, 0.5) is 17.1 Å². The minimum Gasteiger partial charge on any atom is -0.363 e. The minimum absolute atomic E-state index is 0.0456. The molecule has 100 valence electrons. The lowest BCUT2D eigenvalue weighted by Gasteiger charge is -2.29. The zero-order valence-electron chi connectivity index (χ0n) is 10.5. The second kappa shape index (κ2) is 5.60. The molecule has 0 bridgehead atoms. The Morgan fingerprint density at radius 1 is 1.42 bits per heavy atom. The van der Waals surface area contributed by atoms with Crippen LogP contribution in [0, 0.1) is 17.0 Å². The monoisotopic (exact) mass is 262 g/mol. The number of rotatable bonds is 3. The Labute approximate surface area is 110 Å². The first-order chi connectivity index (χ1) is 9.13. The molecule has 0 radical (unpaired) electrons. The highest BCUT2D eigenvalue weighted by molar-refractivity contribution is 5.72. The highest BCUT2D eigenvalue weighted by atomic mass is 16.6. The molecular weight excluding hydrogens is 248 g/mol. The van der Waals surface area contributed by atoms with Gasteiger partial charge in [0.15, 0.2) is 0 Å². The highest BCUT2D eigenvalue weighted by Crippen LogP contribution is 2.35. The smallest absolute Gasteiger partial charge is 0.292 e. The fourth-order valence-corrected chi connectivity index (χ4v) is 2.15. The molecule has 0 atom stereocenters. The maximum Gasteiger partial charge on any atom is 0.292 e. The Bertz CT molecular complexity index is 546. The molecule has 1 aliphatic rings.